The molecule has 0 fully saturated rings. The summed E-state index contributed by atoms with van der Waals surface area (Å²) in [5, 5.41) is 2.59. The van der Waals surface area contributed by atoms with Crippen molar-refractivity contribution < 1.29 is 22.0 Å². The van der Waals surface area contributed by atoms with E-state index in [0.717, 1.165) is 12.1 Å². The van der Waals surface area contributed by atoms with Gasteiger partial charge in [0.25, 0.3) is 0 Å². The molecule has 5 nitrogen and oxygen atoms in total. The third kappa shape index (κ3) is 2.92. The molecule has 1 aliphatic rings. The van der Waals surface area contributed by atoms with Crippen LogP contribution in [0.3, 0.4) is 0 Å². The standard InChI is InChI=1S/C16H12F2N2O3S/c17-16(18)24(22,23)11-6-7-13-12(8-11)15(19-9-14(21)20-13)10-4-2-1-3-5-10/h1-8,16H,9H2,(H,20,21). The molecule has 1 N–H and O–H groups in total. The van der Waals surface area contributed by atoms with Gasteiger partial charge in [0.05, 0.1) is 16.3 Å². The van der Waals surface area contributed by atoms with Crippen molar-refractivity contribution in [1.29, 1.82) is 0 Å². The van der Waals surface area contributed by atoms with E-state index < -0.39 is 20.5 Å². The van der Waals surface area contributed by atoms with E-state index in [0.29, 0.717) is 17.0 Å². The van der Waals surface area contributed by atoms with Crippen molar-refractivity contribution in [2.45, 2.75) is 10.7 Å². The number of halogens is 2. The van der Waals surface area contributed by atoms with Gasteiger partial charge in [-0.15, -0.1) is 0 Å². The molecule has 1 heterocycles. The Labute approximate surface area is 137 Å². The van der Waals surface area contributed by atoms with Gasteiger partial charge >= 0.3 is 5.76 Å². The zero-order valence-electron chi connectivity index (χ0n) is 12.2. The minimum Gasteiger partial charge on any atom is -0.324 e. The van der Waals surface area contributed by atoms with Gasteiger partial charge in [0.1, 0.15) is 6.54 Å². The van der Waals surface area contributed by atoms with Crippen LogP contribution in [0.15, 0.2) is 58.4 Å². The minimum atomic E-state index is -4.74. The Morgan fingerprint density at radius 2 is 1.79 bits per heavy atom. The Bertz CT molecular complexity index is 926. The number of anilines is 1. The van der Waals surface area contributed by atoms with Crippen LogP contribution in [0, 0.1) is 0 Å². The molecule has 0 saturated heterocycles. The zero-order valence-corrected chi connectivity index (χ0v) is 13.1. The fraction of sp³-hybridized carbons (Fsp3) is 0.125. The van der Waals surface area contributed by atoms with Crippen LogP contribution in [0.1, 0.15) is 11.1 Å². The van der Waals surface area contributed by atoms with Crippen molar-refractivity contribution >= 4 is 27.1 Å². The van der Waals surface area contributed by atoms with Gasteiger partial charge < -0.3 is 5.32 Å². The number of carbonyl (C=O) groups excluding carboxylic acids is 1. The topological polar surface area (TPSA) is 75.6 Å². The molecule has 0 atom stereocenters. The number of fused-ring (bicyclic) bond motifs is 1. The molecule has 0 bridgehead atoms. The first-order chi connectivity index (χ1) is 11.4. The molecule has 1 amide bonds. The van der Waals surface area contributed by atoms with Crippen LogP contribution in [-0.4, -0.2) is 32.3 Å². The predicted octanol–water partition coefficient (Wildman–Crippen LogP) is 2.47. The van der Waals surface area contributed by atoms with Crippen molar-refractivity contribution in [2.75, 3.05) is 11.9 Å². The number of rotatable bonds is 3. The van der Waals surface area contributed by atoms with Gasteiger partial charge in [0.2, 0.25) is 15.7 Å². The molecule has 1 aliphatic heterocycles. The molecule has 2 aromatic rings. The largest absolute Gasteiger partial charge is 0.341 e. The molecule has 8 heteroatoms. The highest BCUT2D eigenvalue weighted by Crippen LogP contribution is 2.28. The van der Waals surface area contributed by atoms with Crippen molar-refractivity contribution in [3.8, 4) is 0 Å². The third-order valence-electron chi connectivity index (χ3n) is 3.51. The molecule has 0 spiro atoms. The Kier molecular flexibility index (Phi) is 4.15. The maximum Gasteiger partial charge on any atom is 0.341 e. The fourth-order valence-corrected chi connectivity index (χ4v) is 3.12. The van der Waals surface area contributed by atoms with Crippen LogP contribution in [0.4, 0.5) is 14.5 Å². The number of nitrogens with one attached hydrogen (secondary N) is 1. The summed E-state index contributed by atoms with van der Waals surface area (Å²) < 4.78 is 49.1. The molecule has 0 aromatic heterocycles. The normalized spacial score (nSPS) is 14.6. The number of sulfone groups is 1. The summed E-state index contributed by atoms with van der Waals surface area (Å²) >= 11 is 0. The highest BCUT2D eigenvalue weighted by atomic mass is 32.2. The van der Waals surface area contributed by atoms with Crippen molar-refractivity contribution in [3.63, 3.8) is 0 Å². The number of carbonyl (C=O) groups is 1. The summed E-state index contributed by atoms with van der Waals surface area (Å²) in [6.45, 7) is -0.143. The molecular formula is C16H12F2N2O3S. The Hall–Kier alpha value is -2.61. The van der Waals surface area contributed by atoms with E-state index in [1.165, 1.54) is 6.07 Å². The number of hydrogen-bond acceptors (Lipinski definition) is 4. The molecule has 0 radical (unpaired) electrons. The zero-order chi connectivity index (χ0) is 17.3. The fourth-order valence-electron chi connectivity index (χ4n) is 2.38. The van der Waals surface area contributed by atoms with E-state index in [4.69, 9.17) is 0 Å². The first-order valence-electron chi connectivity index (χ1n) is 6.96. The van der Waals surface area contributed by atoms with Crippen LogP contribution >= 0.6 is 0 Å². The quantitative estimate of drug-likeness (QED) is 0.924. The van der Waals surface area contributed by atoms with Gasteiger partial charge in [-0.2, -0.15) is 8.78 Å². The number of benzodiazepines with no additional fused rings is 1. The highest BCUT2D eigenvalue weighted by molar-refractivity contribution is 7.91. The average molecular weight is 350 g/mol. The van der Waals surface area contributed by atoms with Crippen molar-refractivity contribution in [3.05, 3.63) is 59.7 Å². The molecule has 0 saturated carbocycles. The van der Waals surface area contributed by atoms with E-state index in [1.54, 1.807) is 30.3 Å². The second-order valence-corrected chi connectivity index (χ2v) is 7.01. The second kappa shape index (κ2) is 6.12. The molecule has 3 rings (SSSR count). The molecule has 0 unspecified atom stereocenters. The van der Waals surface area contributed by atoms with Gasteiger partial charge in [-0.05, 0) is 18.2 Å². The molecule has 24 heavy (non-hydrogen) atoms. The van der Waals surface area contributed by atoms with Crippen LogP contribution < -0.4 is 5.32 Å². The van der Waals surface area contributed by atoms with E-state index in [-0.39, 0.29) is 18.0 Å². The lowest BCUT2D eigenvalue weighted by molar-refractivity contribution is -0.114. The second-order valence-electron chi connectivity index (χ2n) is 5.09. The first-order valence-corrected chi connectivity index (χ1v) is 8.50. The average Bonchev–Trinajstić information content (AvgIpc) is 2.73. The molecular weight excluding hydrogens is 338 g/mol. The van der Waals surface area contributed by atoms with Crippen molar-refractivity contribution in [2.24, 2.45) is 4.99 Å². The Balaban J connectivity index is 2.21. The van der Waals surface area contributed by atoms with E-state index >= 15 is 0 Å². The highest BCUT2D eigenvalue weighted by Gasteiger charge is 2.28. The number of nitrogens with zero attached hydrogens (tertiary/aromatic N) is 1. The van der Waals surface area contributed by atoms with E-state index in [2.05, 4.69) is 10.3 Å². The smallest absolute Gasteiger partial charge is 0.324 e. The first kappa shape index (κ1) is 16.3. The maximum atomic E-state index is 12.8. The molecule has 2 aromatic carbocycles. The Morgan fingerprint density at radius 3 is 2.46 bits per heavy atom. The molecule has 124 valence electrons. The van der Waals surface area contributed by atoms with Crippen LogP contribution in [0.25, 0.3) is 0 Å². The summed E-state index contributed by atoms with van der Waals surface area (Å²) in [4.78, 5) is 15.4. The maximum absolute atomic E-state index is 12.8. The predicted molar refractivity (Wildman–Crippen MR) is 85.2 cm³/mol. The van der Waals surface area contributed by atoms with Crippen LogP contribution in [0.5, 0.6) is 0 Å². The lowest BCUT2D eigenvalue weighted by Crippen LogP contribution is -2.15. The van der Waals surface area contributed by atoms with Crippen molar-refractivity contribution in [1.82, 2.24) is 0 Å². The third-order valence-corrected chi connectivity index (χ3v) is 4.89. The number of benzene rings is 2. The minimum absolute atomic E-state index is 0.143. The summed E-state index contributed by atoms with van der Waals surface area (Å²) in [6.07, 6.45) is 0. The molecule has 0 aliphatic carbocycles. The van der Waals surface area contributed by atoms with Gasteiger partial charge in [-0.1, -0.05) is 30.3 Å². The summed E-state index contributed by atoms with van der Waals surface area (Å²) in [5.74, 6) is -3.89. The monoisotopic (exact) mass is 350 g/mol. The van der Waals surface area contributed by atoms with Gasteiger partial charge in [0, 0.05) is 11.1 Å². The number of aliphatic imine (C=N–C) groups is 1. The summed E-state index contributed by atoms with van der Waals surface area (Å²) in [6, 6.07) is 12.3. The lowest BCUT2D eigenvalue weighted by atomic mass is 10.0. The van der Waals surface area contributed by atoms with Crippen LogP contribution in [0.2, 0.25) is 0 Å². The number of amides is 1. The SMILES string of the molecule is O=C1CN=C(c2ccccc2)c2cc(S(=O)(=O)C(F)F)ccc2N1. The van der Waals surface area contributed by atoms with E-state index in [9.17, 15) is 22.0 Å². The van der Waals surface area contributed by atoms with E-state index in [1.807, 2.05) is 0 Å². The summed E-state index contributed by atoms with van der Waals surface area (Å²) in [5.41, 5.74) is 1.64. The lowest BCUT2D eigenvalue weighted by Gasteiger charge is -2.12. The van der Waals surface area contributed by atoms with Gasteiger partial charge in [0.15, 0.2) is 0 Å². The van der Waals surface area contributed by atoms with Crippen LogP contribution in [-0.2, 0) is 14.6 Å². The number of hydrogen-bond donors (Lipinski definition) is 1. The van der Waals surface area contributed by atoms with Gasteiger partial charge in [-0.25, -0.2) is 8.42 Å². The Morgan fingerprint density at radius 1 is 1.08 bits per heavy atom. The number of alkyl halides is 2. The van der Waals surface area contributed by atoms with Gasteiger partial charge in [-0.3, -0.25) is 9.79 Å². The summed E-state index contributed by atoms with van der Waals surface area (Å²) in [7, 11) is -4.74.